The van der Waals surface area contributed by atoms with Crippen LogP contribution < -0.4 is 5.32 Å². The van der Waals surface area contributed by atoms with Gasteiger partial charge in [0, 0.05) is 17.8 Å². The maximum absolute atomic E-state index is 12.1. The summed E-state index contributed by atoms with van der Waals surface area (Å²) in [5.41, 5.74) is 1.22. The van der Waals surface area contributed by atoms with Gasteiger partial charge in [0.2, 0.25) is 0 Å². The van der Waals surface area contributed by atoms with Crippen LogP contribution >= 0.6 is 38.9 Å². The van der Waals surface area contributed by atoms with Gasteiger partial charge in [0.05, 0.1) is 8.66 Å². The van der Waals surface area contributed by atoms with Crippen molar-refractivity contribution in [2.75, 3.05) is 12.4 Å². The smallest absolute Gasteiger partial charge is 0.261 e. The van der Waals surface area contributed by atoms with Crippen molar-refractivity contribution in [2.45, 2.75) is 39.0 Å². The van der Waals surface area contributed by atoms with Gasteiger partial charge in [-0.05, 0) is 47.3 Å². The van der Waals surface area contributed by atoms with Crippen molar-refractivity contribution in [1.82, 2.24) is 5.32 Å². The summed E-state index contributed by atoms with van der Waals surface area (Å²) in [5.74, 6) is 0.661. The molecule has 2 rings (SSSR count). The minimum Gasteiger partial charge on any atom is -0.351 e. The van der Waals surface area contributed by atoms with Gasteiger partial charge in [0.15, 0.2) is 0 Å². The number of aryl methyl sites for hydroxylation is 1. The summed E-state index contributed by atoms with van der Waals surface area (Å²) in [5, 5.41) is 3.07. The Morgan fingerprint density at radius 2 is 2.16 bits per heavy atom. The number of halogens is 2. The third-order valence-corrected chi connectivity index (χ3v) is 6.60. The number of carbonyl (C=O) groups is 1. The lowest BCUT2D eigenvalue weighted by molar-refractivity contribution is 0.0925. The Hall–Kier alpha value is -0.0600. The molecule has 0 aliphatic heterocycles. The molecule has 1 fully saturated rings. The van der Waals surface area contributed by atoms with Crippen LogP contribution in [0.3, 0.4) is 0 Å². The lowest BCUT2D eigenvalue weighted by atomic mass is 9.75. The quantitative estimate of drug-likeness (QED) is 0.768. The van der Waals surface area contributed by atoms with Gasteiger partial charge in [-0.2, -0.15) is 0 Å². The summed E-state index contributed by atoms with van der Waals surface area (Å²) < 4.78 is 1.03. The van der Waals surface area contributed by atoms with Crippen molar-refractivity contribution in [3.63, 3.8) is 0 Å². The average molecular weight is 365 g/mol. The molecule has 1 saturated carbocycles. The first kappa shape index (κ1) is 15.3. The number of nitrogens with one attached hydrogen (secondary N) is 1. The van der Waals surface area contributed by atoms with Gasteiger partial charge < -0.3 is 5.32 Å². The fourth-order valence-corrected chi connectivity index (χ4v) is 4.40. The second-order valence-electron chi connectivity index (χ2n) is 5.44. The van der Waals surface area contributed by atoms with Crippen LogP contribution in [0.2, 0.25) is 0 Å². The molecule has 1 heterocycles. The summed E-state index contributed by atoms with van der Waals surface area (Å²) in [6.07, 6.45) is 6.01. The first-order valence-corrected chi connectivity index (χ1v) is 8.81. The molecule has 106 valence electrons. The standard InChI is InChI=1S/C14H19BrClNOS/c1-10-7-11(19-12(10)15)13(18)17-9-14(8-16)5-3-2-4-6-14/h7H,2-6,8-9H2,1H3,(H,17,18). The molecule has 1 N–H and O–H groups in total. The number of alkyl halides is 1. The predicted molar refractivity (Wildman–Crippen MR) is 85.3 cm³/mol. The molecule has 0 atom stereocenters. The second kappa shape index (κ2) is 6.59. The van der Waals surface area contributed by atoms with Gasteiger partial charge in [-0.25, -0.2) is 0 Å². The Labute approximate surface area is 132 Å². The molecule has 1 aliphatic carbocycles. The van der Waals surface area contributed by atoms with Crippen molar-refractivity contribution in [3.8, 4) is 0 Å². The van der Waals surface area contributed by atoms with Crippen LogP contribution in [0.1, 0.15) is 47.3 Å². The topological polar surface area (TPSA) is 29.1 Å². The lowest BCUT2D eigenvalue weighted by Gasteiger charge is -2.35. The van der Waals surface area contributed by atoms with E-state index in [2.05, 4.69) is 21.2 Å². The highest BCUT2D eigenvalue weighted by Gasteiger charge is 2.31. The van der Waals surface area contributed by atoms with E-state index in [0.29, 0.717) is 12.4 Å². The first-order chi connectivity index (χ1) is 9.06. The van der Waals surface area contributed by atoms with Crippen molar-refractivity contribution in [2.24, 2.45) is 5.41 Å². The number of hydrogen-bond donors (Lipinski definition) is 1. The van der Waals surface area contributed by atoms with E-state index in [9.17, 15) is 4.79 Å². The molecule has 0 bridgehead atoms. The van der Waals surface area contributed by atoms with Crippen LogP contribution in [-0.4, -0.2) is 18.3 Å². The number of rotatable bonds is 4. The van der Waals surface area contributed by atoms with E-state index in [1.165, 1.54) is 30.6 Å². The fraction of sp³-hybridized carbons (Fsp3) is 0.643. The van der Waals surface area contributed by atoms with Crippen molar-refractivity contribution >= 4 is 44.8 Å². The van der Waals surface area contributed by atoms with Crippen LogP contribution in [0.4, 0.5) is 0 Å². The number of thiophene rings is 1. The molecular formula is C14H19BrClNOS. The molecule has 1 amide bonds. The lowest BCUT2D eigenvalue weighted by Crippen LogP contribution is -2.40. The fourth-order valence-electron chi connectivity index (χ4n) is 2.59. The van der Waals surface area contributed by atoms with E-state index < -0.39 is 0 Å². The van der Waals surface area contributed by atoms with E-state index in [1.807, 2.05) is 13.0 Å². The molecule has 1 aromatic heterocycles. The molecule has 1 aliphatic rings. The zero-order valence-electron chi connectivity index (χ0n) is 11.1. The molecule has 19 heavy (non-hydrogen) atoms. The largest absolute Gasteiger partial charge is 0.351 e. The molecule has 0 saturated heterocycles. The van der Waals surface area contributed by atoms with Gasteiger partial charge in [-0.3, -0.25) is 4.79 Å². The van der Waals surface area contributed by atoms with Crippen LogP contribution in [0.25, 0.3) is 0 Å². The van der Waals surface area contributed by atoms with Gasteiger partial charge >= 0.3 is 0 Å². The highest BCUT2D eigenvalue weighted by molar-refractivity contribution is 9.11. The van der Waals surface area contributed by atoms with Crippen LogP contribution in [0.15, 0.2) is 9.85 Å². The zero-order chi connectivity index (χ0) is 13.9. The number of carbonyl (C=O) groups excluding carboxylic acids is 1. The van der Waals surface area contributed by atoms with Gasteiger partial charge in [0.25, 0.3) is 5.91 Å². The molecule has 0 spiro atoms. The Balaban J connectivity index is 1.95. The van der Waals surface area contributed by atoms with E-state index >= 15 is 0 Å². The summed E-state index contributed by atoms with van der Waals surface area (Å²) in [6.45, 7) is 2.70. The van der Waals surface area contributed by atoms with Crippen molar-refractivity contribution in [3.05, 3.63) is 20.3 Å². The Bertz CT molecular complexity index is 435. The second-order valence-corrected chi connectivity index (χ2v) is 8.08. The zero-order valence-corrected chi connectivity index (χ0v) is 14.3. The van der Waals surface area contributed by atoms with Gasteiger partial charge in [0.1, 0.15) is 0 Å². The van der Waals surface area contributed by atoms with Crippen LogP contribution in [-0.2, 0) is 0 Å². The van der Waals surface area contributed by atoms with Gasteiger partial charge in [-0.1, -0.05) is 19.3 Å². The third kappa shape index (κ3) is 3.73. The van der Waals surface area contributed by atoms with Crippen LogP contribution in [0.5, 0.6) is 0 Å². The molecule has 0 aromatic carbocycles. The summed E-state index contributed by atoms with van der Waals surface area (Å²) in [7, 11) is 0. The van der Waals surface area contributed by atoms with Crippen LogP contribution in [0, 0.1) is 12.3 Å². The first-order valence-electron chi connectivity index (χ1n) is 6.66. The number of amides is 1. The maximum atomic E-state index is 12.1. The molecule has 1 aromatic rings. The maximum Gasteiger partial charge on any atom is 0.261 e. The Morgan fingerprint density at radius 1 is 1.47 bits per heavy atom. The number of hydrogen-bond acceptors (Lipinski definition) is 2. The highest BCUT2D eigenvalue weighted by Crippen LogP contribution is 2.37. The third-order valence-electron chi connectivity index (χ3n) is 3.90. The summed E-state index contributed by atoms with van der Waals surface area (Å²) >= 11 is 11.1. The molecular weight excluding hydrogens is 346 g/mol. The van der Waals surface area contributed by atoms with E-state index in [0.717, 1.165) is 27.1 Å². The van der Waals surface area contributed by atoms with E-state index in [1.54, 1.807) is 0 Å². The average Bonchev–Trinajstić information content (AvgIpc) is 2.77. The van der Waals surface area contributed by atoms with E-state index in [-0.39, 0.29) is 11.3 Å². The monoisotopic (exact) mass is 363 g/mol. The predicted octanol–water partition coefficient (Wildman–Crippen LogP) is 4.74. The minimum atomic E-state index is 0.0221. The summed E-state index contributed by atoms with van der Waals surface area (Å²) in [6, 6.07) is 1.93. The molecule has 0 unspecified atom stereocenters. The van der Waals surface area contributed by atoms with E-state index in [4.69, 9.17) is 11.6 Å². The minimum absolute atomic E-state index is 0.0221. The normalized spacial score (nSPS) is 18.3. The Morgan fingerprint density at radius 3 is 2.68 bits per heavy atom. The summed E-state index contributed by atoms with van der Waals surface area (Å²) in [4.78, 5) is 12.9. The van der Waals surface area contributed by atoms with Gasteiger partial charge in [-0.15, -0.1) is 22.9 Å². The molecule has 5 heteroatoms. The SMILES string of the molecule is Cc1cc(C(=O)NCC2(CCl)CCCCC2)sc1Br. The highest BCUT2D eigenvalue weighted by atomic mass is 79.9. The molecule has 0 radical (unpaired) electrons. The molecule has 2 nitrogen and oxygen atoms in total. The van der Waals surface area contributed by atoms with Crippen molar-refractivity contribution in [1.29, 1.82) is 0 Å². The Kier molecular flexibility index (Phi) is 5.32. The van der Waals surface area contributed by atoms with Crippen molar-refractivity contribution < 1.29 is 4.79 Å².